The summed E-state index contributed by atoms with van der Waals surface area (Å²) in [5, 5.41) is 0. The first-order chi connectivity index (χ1) is 5.18. The van der Waals surface area contributed by atoms with Crippen LogP contribution in [0.25, 0.3) is 0 Å². The molecule has 0 spiro atoms. The molecule has 1 rings (SSSR count). The lowest BCUT2D eigenvalue weighted by Crippen LogP contribution is -2.01. The van der Waals surface area contributed by atoms with Crippen molar-refractivity contribution < 1.29 is 9.53 Å². The van der Waals surface area contributed by atoms with Crippen molar-refractivity contribution in [2.45, 2.75) is 26.7 Å². The molecule has 0 aliphatic heterocycles. The zero-order valence-electron chi connectivity index (χ0n) is 7.09. The van der Waals surface area contributed by atoms with Crippen LogP contribution in [0.4, 0.5) is 0 Å². The van der Waals surface area contributed by atoms with Gasteiger partial charge in [0.25, 0.3) is 0 Å². The maximum Gasteiger partial charge on any atom is 0.302 e. The van der Waals surface area contributed by atoms with E-state index in [0.717, 1.165) is 6.42 Å². The maximum absolute atomic E-state index is 10.4. The summed E-state index contributed by atoms with van der Waals surface area (Å²) < 4.78 is 4.87. The van der Waals surface area contributed by atoms with E-state index in [1.54, 1.807) is 0 Å². The van der Waals surface area contributed by atoms with Crippen molar-refractivity contribution in [3.8, 4) is 0 Å². The van der Waals surface area contributed by atoms with Crippen LogP contribution in [-0.4, -0.2) is 12.6 Å². The predicted molar refractivity (Wildman–Crippen MR) is 43.1 cm³/mol. The second-order valence-electron chi connectivity index (χ2n) is 3.12. The molecule has 1 unspecified atom stereocenters. The van der Waals surface area contributed by atoms with Crippen molar-refractivity contribution in [1.82, 2.24) is 0 Å². The lowest BCUT2D eigenvalue weighted by atomic mass is 10.2. The van der Waals surface area contributed by atoms with Gasteiger partial charge in [0, 0.05) is 6.92 Å². The van der Waals surface area contributed by atoms with E-state index in [0.29, 0.717) is 12.5 Å². The minimum Gasteiger partial charge on any atom is -0.461 e. The molecule has 0 amide bonds. The van der Waals surface area contributed by atoms with Crippen molar-refractivity contribution in [2.24, 2.45) is 5.92 Å². The molecule has 1 aliphatic carbocycles. The molecule has 1 aliphatic rings. The molecule has 0 aromatic rings. The molecule has 0 aromatic heterocycles. The summed E-state index contributed by atoms with van der Waals surface area (Å²) in [4.78, 5) is 10.4. The molecule has 0 bridgehead atoms. The van der Waals surface area contributed by atoms with E-state index in [1.165, 1.54) is 18.9 Å². The molecule has 0 aromatic carbocycles. The third-order valence-corrected chi connectivity index (χ3v) is 1.90. The second-order valence-corrected chi connectivity index (χ2v) is 3.12. The van der Waals surface area contributed by atoms with E-state index in [2.05, 4.69) is 13.0 Å². The first kappa shape index (κ1) is 8.31. The van der Waals surface area contributed by atoms with Gasteiger partial charge in [0.1, 0.15) is 6.61 Å². The largest absolute Gasteiger partial charge is 0.461 e. The molecule has 0 fully saturated rings. The molecule has 2 heteroatoms. The molecule has 0 saturated heterocycles. The SMILES string of the molecule is CC(=O)OCC1=CC(C)CC1. The Morgan fingerprint density at radius 1 is 1.82 bits per heavy atom. The summed E-state index contributed by atoms with van der Waals surface area (Å²) in [5.41, 5.74) is 1.27. The number of carbonyl (C=O) groups is 1. The van der Waals surface area contributed by atoms with Crippen LogP contribution in [0.5, 0.6) is 0 Å². The van der Waals surface area contributed by atoms with Crippen LogP contribution in [0.2, 0.25) is 0 Å². The number of rotatable bonds is 2. The van der Waals surface area contributed by atoms with Crippen LogP contribution in [0.3, 0.4) is 0 Å². The molecule has 1 atom stereocenters. The third kappa shape index (κ3) is 2.74. The van der Waals surface area contributed by atoms with Crippen LogP contribution < -0.4 is 0 Å². The van der Waals surface area contributed by atoms with Crippen molar-refractivity contribution in [3.05, 3.63) is 11.6 Å². The summed E-state index contributed by atoms with van der Waals surface area (Å²) in [6, 6.07) is 0. The molecule has 0 radical (unpaired) electrons. The lowest BCUT2D eigenvalue weighted by Gasteiger charge is -2.00. The summed E-state index contributed by atoms with van der Waals surface area (Å²) >= 11 is 0. The van der Waals surface area contributed by atoms with Crippen LogP contribution in [0, 0.1) is 5.92 Å². The summed E-state index contributed by atoms with van der Waals surface area (Å²) in [6.07, 6.45) is 4.49. The minimum atomic E-state index is -0.189. The Kier molecular flexibility index (Phi) is 2.69. The Hall–Kier alpha value is -0.790. The molecule has 0 heterocycles. The Morgan fingerprint density at radius 3 is 3.00 bits per heavy atom. The summed E-state index contributed by atoms with van der Waals surface area (Å²) in [6.45, 7) is 4.12. The van der Waals surface area contributed by atoms with E-state index in [4.69, 9.17) is 4.74 Å². The highest BCUT2D eigenvalue weighted by molar-refractivity contribution is 5.66. The number of hydrogen-bond acceptors (Lipinski definition) is 2. The molecular weight excluding hydrogens is 140 g/mol. The van der Waals surface area contributed by atoms with Gasteiger partial charge in [0.15, 0.2) is 0 Å². The average molecular weight is 154 g/mol. The third-order valence-electron chi connectivity index (χ3n) is 1.90. The molecule has 62 valence electrons. The van der Waals surface area contributed by atoms with Gasteiger partial charge in [0.05, 0.1) is 0 Å². The first-order valence-electron chi connectivity index (χ1n) is 4.01. The van der Waals surface area contributed by atoms with E-state index in [1.807, 2.05) is 0 Å². The Balaban J connectivity index is 2.27. The van der Waals surface area contributed by atoms with Crippen molar-refractivity contribution in [3.63, 3.8) is 0 Å². The molecule has 11 heavy (non-hydrogen) atoms. The highest BCUT2D eigenvalue weighted by atomic mass is 16.5. The van der Waals surface area contributed by atoms with Gasteiger partial charge in [-0.15, -0.1) is 0 Å². The Morgan fingerprint density at radius 2 is 2.55 bits per heavy atom. The van der Waals surface area contributed by atoms with Gasteiger partial charge in [-0.2, -0.15) is 0 Å². The van der Waals surface area contributed by atoms with Crippen LogP contribution >= 0.6 is 0 Å². The minimum absolute atomic E-state index is 0.189. The Labute approximate surface area is 67.2 Å². The maximum atomic E-state index is 10.4. The molecule has 0 saturated carbocycles. The van der Waals surface area contributed by atoms with E-state index >= 15 is 0 Å². The number of esters is 1. The van der Waals surface area contributed by atoms with E-state index in [-0.39, 0.29) is 5.97 Å². The number of allylic oxidation sites excluding steroid dienone is 1. The van der Waals surface area contributed by atoms with Gasteiger partial charge >= 0.3 is 5.97 Å². The number of hydrogen-bond donors (Lipinski definition) is 0. The van der Waals surface area contributed by atoms with E-state index < -0.39 is 0 Å². The Bertz CT molecular complexity index is 182. The highest BCUT2D eigenvalue weighted by Gasteiger charge is 2.11. The molecule has 0 N–H and O–H groups in total. The van der Waals surface area contributed by atoms with E-state index in [9.17, 15) is 4.79 Å². The highest BCUT2D eigenvalue weighted by Crippen LogP contribution is 2.23. The van der Waals surface area contributed by atoms with Gasteiger partial charge in [-0.25, -0.2) is 0 Å². The molecule has 2 nitrogen and oxygen atoms in total. The van der Waals surface area contributed by atoms with Gasteiger partial charge in [-0.05, 0) is 24.3 Å². The van der Waals surface area contributed by atoms with Gasteiger partial charge < -0.3 is 4.74 Å². The predicted octanol–water partition coefficient (Wildman–Crippen LogP) is 1.91. The normalized spacial score (nSPS) is 23.1. The average Bonchev–Trinajstić information content (AvgIpc) is 2.31. The zero-order chi connectivity index (χ0) is 8.27. The first-order valence-corrected chi connectivity index (χ1v) is 4.01. The lowest BCUT2D eigenvalue weighted by molar-refractivity contribution is -0.140. The van der Waals surface area contributed by atoms with Crippen molar-refractivity contribution in [1.29, 1.82) is 0 Å². The fourth-order valence-corrected chi connectivity index (χ4v) is 1.30. The standard InChI is InChI=1S/C9H14O2/c1-7-3-4-9(5-7)6-11-8(2)10/h5,7H,3-4,6H2,1-2H3. The quantitative estimate of drug-likeness (QED) is 0.448. The van der Waals surface area contributed by atoms with Gasteiger partial charge in [-0.1, -0.05) is 13.0 Å². The smallest absolute Gasteiger partial charge is 0.302 e. The van der Waals surface area contributed by atoms with Crippen LogP contribution in [0.15, 0.2) is 11.6 Å². The zero-order valence-corrected chi connectivity index (χ0v) is 7.09. The van der Waals surface area contributed by atoms with Crippen LogP contribution in [0.1, 0.15) is 26.7 Å². The molecular formula is C9H14O2. The van der Waals surface area contributed by atoms with Gasteiger partial charge in [-0.3, -0.25) is 4.79 Å². The summed E-state index contributed by atoms with van der Waals surface area (Å²) in [7, 11) is 0. The second kappa shape index (κ2) is 3.56. The van der Waals surface area contributed by atoms with Gasteiger partial charge in [0.2, 0.25) is 0 Å². The fourth-order valence-electron chi connectivity index (χ4n) is 1.30. The summed E-state index contributed by atoms with van der Waals surface area (Å²) in [5.74, 6) is 0.478. The monoisotopic (exact) mass is 154 g/mol. The van der Waals surface area contributed by atoms with Crippen molar-refractivity contribution >= 4 is 5.97 Å². The topological polar surface area (TPSA) is 26.3 Å². The number of carbonyl (C=O) groups excluding carboxylic acids is 1. The number of ether oxygens (including phenoxy) is 1. The van der Waals surface area contributed by atoms with Crippen molar-refractivity contribution in [2.75, 3.05) is 6.61 Å². The fraction of sp³-hybridized carbons (Fsp3) is 0.667. The van der Waals surface area contributed by atoms with Crippen LogP contribution in [-0.2, 0) is 9.53 Å².